The number of carbonyl (C=O) groups excluding carboxylic acids is 2. The van der Waals surface area contributed by atoms with E-state index in [9.17, 15) is 9.59 Å². The number of rotatable bonds is 9. The molecule has 0 bridgehead atoms. The zero-order chi connectivity index (χ0) is 24.7. The summed E-state index contributed by atoms with van der Waals surface area (Å²) in [7, 11) is 4.42. The van der Waals surface area contributed by atoms with E-state index in [1.54, 1.807) is 36.4 Å². The largest absolute Gasteiger partial charge is 0.493 e. The Bertz CT molecular complexity index is 1140. The topological polar surface area (TPSA) is 124 Å². The van der Waals surface area contributed by atoms with E-state index in [1.165, 1.54) is 33.5 Å². The van der Waals surface area contributed by atoms with Crippen molar-refractivity contribution in [2.75, 3.05) is 32.0 Å². The van der Waals surface area contributed by atoms with E-state index < -0.39 is 12.2 Å². The summed E-state index contributed by atoms with van der Waals surface area (Å²) in [5.41, 5.74) is 9.06. The van der Waals surface area contributed by atoms with Gasteiger partial charge in [-0.1, -0.05) is 24.3 Å². The van der Waals surface area contributed by atoms with Crippen molar-refractivity contribution in [3.05, 3.63) is 77.4 Å². The Hall–Kier alpha value is -4.24. The van der Waals surface area contributed by atoms with Crippen molar-refractivity contribution in [1.29, 1.82) is 0 Å². The highest BCUT2D eigenvalue weighted by Gasteiger charge is 2.18. The fraction of sp³-hybridized carbons (Fsp3) is 0.200. The van der Waals surface area contributed by atoms with Crippen LogP contribution in [0.2, 0.25) is 0 Å². The summed E-state index contributed by atoms with van der Waals surface area (Å²) in [6.45, 7) is 1.89. The monoisotopic (exact) mass is 464 g/mol. The highest BCUT2D eigenvalue weighted by atomic mass is 16.5. The van der Waals surface area contributed by atoms with Crippen molar-refractivity contribution >= 4 is 23.2 Å². The van der Waals surface area contributed by atoms with Crippen LogP contribution in [0.5, 0.6) is 17.2 Å². The third-order valence-corrected chi connectivity index (χ3v) is 5.06. The van der Waals surface area contributed by atoms with Crippen LogP contribution >= 0.6 is 0 Å². The van der Waals surface area contributed by atoms with Gasteiger partial charge in [0.05, 0.1) is 21.3 Å². The van der Waals surface area contributed by atoms with E-state index in [1.807, 2.05) is 19.1 Å². The number of aryl methyl sites for hydroxylation is 1. The summed E-state index contributed by atoms with van der Waals surface area (Å²) in [5.74, 6) is 0.426. The predicted octanol–water partition coefficient (Wildman–Crippen LogP) is 3.36. The van der Waals surface area contributed by atoms with Crippen LogP contribution in [0.15, 0.2) is 60.7 Å². The van der Waals surface area contributed by atoms with Crippen LogP contribution in [-0.2, 0) is 0 Å². The molecule has 0 heterocycles. The van der Waals surface area contributed by atoms with E-state index in [4.69, 9.17) is 19.9 Å². The molecule has 9 nitrogen and oxygen atoms in total. The quantitative estimate of drug-likeness (QED) is 0.358. The minimum atomic E-state index is -0.910. The first-order chi connectivity index (χ1) is 16.4. The summed E-state index contributed by atoms with van der Waals surface area (Å²) >= 11 is 0. The smallest absolute Gasteiger partial charge is 0.255 e. The van der Waals surface area contributed by atoms with Gasteiger partial charge in [-0.3, -0.25) is 15.3 Å². The molecule has 2 amide bonds. The molecule has 0 aliphatic heterocycles. The second kappa shape index (κ2) is 11.1. The first-order valence-corrected chi connectivity index (χ1v) is 10.5. The van der Waals surface area contributed by atoms with Crippen molar-refractivity contribution in [2.45, 2.75) is 13.2 Å². The van der Waals surface area contributed by atoms with E-state index in [0.717, 1.165) is 5.56 Å². The fourth-order valence-corrected chi connectivity index (χ4v) is 3.28. The number of ether oxygens (including phenoxy) is 3. The number of hydrogen-bond acceptors (Lipinski definition) is 7. The van der Waals surface area contributed by atoms with E-state index in [2.05, 4.69) is 16.0 Å². The average Bonchev–Trinajstić information content (AvgIpc) is 2.85. The number of methoxy groups -OCH3 is 3. The molecular formula is C25H28N4O5. The third-order valence-electron chi connectivity index (χ3n) is 5.06. The number of nitrogens with two attached hydrogens (primary N) is 1. The van der Waals surface area contributed by atoms with Gasteiger partial charge in [-0.15, -0.1) is 0 Å². The Morgan fingerprint density at radius 1 is 0.824 bits per heavy atom. The first-order valence-electron chi connectivity index (χ1n) is 10.5. The third kappa shape index (κ3) is 5.76. The Balaban J connectivity index is 1.70. The van der Waals surface area contributed by atoms with Gasteiger partial charge < -0.3 is 30.2 Å². The minimum Gasteiger partial charge on any atom is -0.493 e. The van der Waals surface area contributed by atoms with Crippen LogP contribution in [0.1, 0.15) is 26.3 Å². The average molecular weight is 465 g/mol. The molecule has 1 atom stereocenters. The van der Waals surface area contributed by atoms with Gasteiger partial charge in [-0.2, -0.15) is 0 Å². The van der Waals surface area contributed by atoms with E-state index >= 15 is 0 Å². The summed E-state index contributed by atoms with van der Waals surface area (Å²) in [5, 5.41) is 8.58. The van der Waals surface area contributed by atoms with Crippen molar-refractivity contribution in [3.8, 4) is 17.2 Å². The normalized spacial score (nSPS) is 11.2. The number of hydrogen-bond donors (Lipinski definition) is 4. The predicted molar refractivity (Wildman–Crippen MR) is 131 cm³/mol. The van der Waals surface area contributed by atoms with Crippen molar-refractivity contribution in [3.63, 3.8) is 0 Å². The molecule has 3 aromatic carbocycles. The standard InChI is InChI=1S/C25H28N4O5/c1-15-10-11-18(14-19(15)28-23(30)16-8-6-5-7-9-16)27-25(26)29-24(31)17-12-20(32-2)22(34-4)21(13-17)33-3/h5-14,25,27H,26H2,1-4H3,(H,28,30)(H,29,31). The van der Waals surface area contributed by atoms with E-state index in [0.29, 0.717) is 34.2 Å². The molecule has 0 aliphatic rings. The lowest BCUT2D eigenvalue weighted by molar-refractivity contribution is 0.0941. The summed E-state index contributed by atoms with van der Waals surface area (Å²) in [4.78, 5) is 25.3. The molecule has 0 saturated carbocycles. The SMILES string of the molecule is COc1cc(C(=O)NC(N)Nc2ccc(C)c(NC(=O)c3ccccc3)c2)cc(OC)c1OC. The van der Waals surface area contributed by atoms with Gasteiger partial charge in [0.2, 0.25) is 5.75 Å². The maximum absolute atomic E-state index is 12.8. The molecule has 3 rings (SSSR count). The van der Waals surface area contributed by atoms with Crippen molar-refractivity contribution < 1.29 is 23.8 Å². The van der Waals surface area contributed by atoms with Gasteiger partial charge in [0.25, 0.3) is 11.8 Å². The van der Waals surface area contributed by atoms with Gasteiger partial charge in [-0.05, 0) is 48.9 Å². The maximum atomic E-state index is 12.8. The second-order valence-corrected chi connectivity index (χ2v) is 7.36. The van der Waals surface area contributed by atoms with Crippen LogP contribution < -0.4 is 35.9 Å². The summed E-state index contributed by atoms with van der Waals surface area (Å²) in [6.07, 6.45) is -0.910. The lowest BCUT2D eigenvalue weighted by Gasteiger charge is -2.19. The van der Waals surface area contributed by atoms with Gasteiger partial charge in [0.15, 0.2) is 17.8 Å². The molecule has 0 spiro atoms. The van der Waals surface area contributed by atoms with Gasteiger partial charge >= 0.3 is 0 Å². The first kappa shape index (κ1) is 24.4. The summed E-state index contributed by atoms with van der Waals surface area (Å²) < 4.78 is 15.9. The van der Waals surface area contributed by atoms with Crippen LogP contribution in [0, 0.1) is 6.92 Å². The fourth-order valence-electron chi connectivity index (χ4n) is 3.28. The Morgan fingerprint density at radius 2 is 1.47 bits per heavy atom. The van der Waals surface area contributed by atoms with Crippen molar-refractivity contribution in [1.82, 2.24) is 5.32 Å². The van der Waals surface area contributed by atoms with Crippen molar-refractivity contribution in [2.24, 2.45) is 5.73 Å². The molecule has 0 saturated heterocycles. The lowest BCUT2D eigenvalue weighted by atomic mass is 10.1. The van der Waals surface area contributed by atoms with Gasteiger partial charge in [0.1, 0.15) is 0 Å². The maximum Gasteiger partial charge on any atom is 0.255 e. The Labute approximate surface area is 198 Å². The molecule has 0 aliphatic carbocycles. The van der Waals surface area contributed by atoms with Crippen LogP contribution in [0.4, 0.5) is 11.4 Å². The minimum absolute atomic E-state index is 0.221. The molecule has 178 valence electrons. The van der Waals surface area contributed by atoms with Gasteiger partial charge in [0, 0.05) is 22.5 Å². The molecule has 5 N–H and O–H groups in total. The molecule has 0 radical (unpaired) electrons. The molecule has 9 heteroatoms. The molecule has 1 unspecified atom stereocenters. The number of amides is 2. The molecule has 0 aromatic heterocycles. The number of anilines is 2. The van der Waals surface area contributed by atoms with Gasteiger partial charge in [-0.25, -0.2) is 0 Å². The summed E-state index contributed by atoms with van der Waals surface area (Å²) in [6, 6.07) is 17.4. The Kier molecular flexibility index (Phi) is 7.94. The molecule has 3 aromatic rings. The second-order valence-electron chi connectivity index (χ2n) is 7.36. The number of carbonyl (C=O) groups is 2. The van der Waals surface area contributed by atoms with E-state index in [-0.39, 0.29) is 11.5 Å². The molecule has 34 heavy (non-hydrogen) atoms. The van der Waals surface area contributed by atoms with Crippen LogP contribution in [-0.4, -0.2) is 39.4 Å². The van der Waals surface area contributed by atoms with Crippen LogP contribution in [0.25, 0.3) is 0 Å². The lowest BCUT2D eigenvalue weighted by Crippen LogP contribution is -2.47. The number of benzene rings is 3. The number of nitrogens with one attached hydrogen (secondary N) is 3. The highest BCUT2D eigenvalue weighted by molar-refractivity contribution is 6.04. The zero-order valence-corrected chi connectivity index (χ0v) is 19.5. The zero-order valence-electron chi connectivity index (χ0n) is 19.5. The molecule has 0 fully saturated rings. The highest BCUT2D eigenvalue weighted by Crippen LogP contribution is 2.38. The Morgan fingerprint density at radius 3 is 2.06 bits per heavy atom. The van der Waals surface area contributed by atoms with Crippen LogP contribution in [0.3, 0.4) is 0 Å². The molecular weight excluding hydrogens is 436 g/mol.